The Morgan fingerprint density at radius 3 is 2.48 bits per heavy atom. The smallest absolute Gasteiger partial charge is 0.192 e. The summed E-state index contributed by atoms with van der Waals surface area (Å²) in [4.78, 5) is 26.2. The molecule has 2 aliphatic carbocycles. The monoisotopic (exact) mass is 387 g/mol. The minimum Gasteiger partial charge on any atom is -0.491 e. The van der Waals surface area contributed by atoms with Gasteiger partial charge < -0.3 is 15.2 Å². The lowest BCUT2D eigenvalue weighted by atomic mass is 9.75. The Morgan fingerprint density at radius 1 is 0.966 bits per heavy atom. The van der Waals surface area contributed by atoms with Crippen LogP contribution < -0.4 is 10.1 Å². The third kappa shape index (κ3) is 2.81. The van der Waals surface area contributed by atoms with E-state index in [1.807, 2.05) is 48.5 Å². The van der Waals surface area contributed by atoms with Crippen molar-refractivity contribution in [1.29, 1.82) is 0 Å². The molecule has 1 aliphatic heterocycles. The number of fused-ring (bicyclic) bond motifs is 2. The van der Waals surface area contributed by atoms with E-state index in [0.717, 1.165) is 40.9 Å². The highest BCUT2D eigenvalue weighted by atomic mass is 16.5. The van der Waals surface area contributed by atoms with Crippen molar-refractivity contribution in [3.63, 3.8) is 0 Å². The van der Waals surface area contributed by atoms with E-state index >= 15 is 0 Å². The number of rotatable bonds is 4. The zero-order valence-corrected chi connectivity index (χ0v) is 15.9. The van der Waals surface area contributed by atoms with Crippen molar-refractivity contribution in [1.82, 2.24) is 5.32 Å². The van der Waals surface area contributed by atoms with Crippen LogP contribution in [0.5, 0.6) is 5.75 Å². The van der Waals surface area contributed by atoms with E-state index in [1.165, 1.54) is 0 Å². The van der Waals surface area contributed by atoms with Gasteiger partial charge in [0.05, 0.1) is 12.3 Å². The Kier molecular flexibility index (Phi) is 4.32. The maximum absolute atomic E-state index is 13.3. The van der Waals surface area contributed by atoms with Crippen molar-refractivity contribution in [2.75, 3.05) is 13.2 Å². The molecule has 2 aromatic rings. The molecule has 1 unspecified atom stereocenters. The SMILES string of the molecule is O=C1CCCC2=C1C(c1ccc(OCCO)cc1)C1=C(N2)c2ccccc2C1=O. The number of dihydropyridines is 1. The van der Waals surface area contributed by atoms with E-state index in [4.69, 9.17) is 9.84 Å². The Balaban J connectivity index is 1.64. The van der Waals surface area contributed by atoms with Gasteiger partial charge in [0.15, 0.2) is 11.6 Å². The number of aliphatic hydroxyl groups excluding tert-OH is 1. The molecule has 0 aromatic heterocycles. The summed E-state index contributed by atoms with van der Waals surface area (Å²) in [6.45, 7) is 0.174. The number of hydrogen-bond donors (Lipinski definition) is 2. The number of Topliss-reactive ketones (excluding diaryl/α,β-unsaturated/α-hetero) is 2. The van der Waals surface area contributed by atoms with E-state index in [0.29, 0.717) is 23.3 Å². The summed E-state index contributed by atoms with van der Waals surface area (Å²) < 4.78 is 5.46. The molecular formula is C24H21NO4. The second-order valence-electron chi connectivity index (χ2n) is 7.53. The Hall–Kier alpha value is -3.18. The molecule has 1 atom stereocenters. The Morgan fingerprint density at radius 2 is 1.72 bits per heavy atom. The van der Waals surface area contributed by atoms with Crippen LogP contribution in [0.25, 0.3) is 5.70 Å². The number of aliphatic hydroxyl groups is 1. The molecular weight excluding hydrogens is 366 g/mol. The standard InChI is InChI=1S/C24H21NO4/c26-12-13-29-15-10-8-14(9-11-15)20-21-18(6-3-7-19(21)27)25-23-16-4-1-2-5-17(16)24(28)22(20)23/h1-2,4-5,8-11,20,25-26H,3,6-7,12-13H2. The molecule has 1 heterocycles. The third-order valence-electron chi connectivity index (χ3n) is 5.84. The Labute approximate surface area is 168 Å². The van der Waals surface area contributed by atoms with Gasteiger partial charge in [-0.05, 0) is 30.5 Å². The molecule has 0 fully saturated rings. The lowest BCUT2D eigenvalue weighted by Crippen LogP contribution is -2.31. The van der Waals surface area contributed by atoms with Crippen LogP contribution in [0.1, 0.15) is 46.7 Å². The molecule has 146 valence electrons. The number of nitrogens with one attached hydrogen (secondary N) is 1. The van der Waals surface area contributed by atoms with Gasteiger partial charge in [0.2, 0.25) is 0 Å². The largest absolute Gasteiger partial charge is 0.491 e. The van der Waals surface area contributed by atoms with Gasteiger partial charge in [0.1, 0.15) is 12.4 Å². The minimum absolute atomic E-state index is 0.0152. The summed E-state index contributed by atoms with van der Waals surface area (Å²) in [6, 6.07) is 15.1. The minimum atomic E-state index is -0.374. The van der Waals surface area contributed by atoms with Gasteiger partial charge in [-0.25, -0.2) is 0 Å². The molecule has 0 amide bonds. The van der Waals surface area contributed by atoms with Crippen molar-refractivity contribution in [3.8, 4) is 5.75 Å². The second kappa shape index (κ2) is 7.01. The molecule has 0 saturated carbocycles. The van der Waals surface area contributed by atoms with Gasteiger partial charge in [-0.1, -0.05) is 36.4 Å². The molecule has 5 nitrogen and oxygen atoms in total. The van der Waals surface area contributed by atoms with Crippen molar-refractivity contribution in [2.45, 2.75) is 25.2 Å². The predicted molar refractivity (Wildman–Crippen MR) is 108 cm³/mol. The van der Waals surface area contributed by atoms with Crippen molar-refractivity contribution in [3.05, 3.63) is 82.1 Å². The van der Waals surface area contributed by atoms with Gasteiger partial charge >= 0.3 is 0 Å². The molecule has 5 rings (SSSR count). The first kappa shape index (κ1) is 17.9. The third-order valence-corrected chi connectivity index (χ3v) is 5.84. The van der Waals surface area contributed by atoms with Crippen LogP contribution in [0, 0.1) is 0 Å². The number of hydrogen-bond acceptors (Lipinski definition) is 5. The molecule has 5 heteroatoms. The fraction of sp³-hybridized carbons (Fsp3) is 0.250. The Bertz CT molecular complexity index is 1080. The van der Waals surface area contributed by atoms with Gasteiger partial charge in [0, 0.05) is 40.3 Å². The summed E-state index contributed by atoms with van der Waals surface area (Å²) in [5.74, 6) is 0.371. The molecule has 2 N–H and O–H groups in total. The average molecular weight is 387 g/mol. The van der Waals surface area contributed by atoms with Crippen LogP contribution in [0.3, 0.4) is 0 Å². The summed E-state index contributed by atoms with van der Waals surface area (Å²) in [5, 5.41) is 12.4. The number of carbonyl (C=O) groups excluding carboxylic acids is 2. The fourth-order valence-electron chi connectivity index (χ4n) is 4.59. The zero-order valence-electron chi connectivity index (χ0n) is 15.9. The highest BCUT2D eigenvalue weighted by Crippen LogP contribution is 2.48. The highest BCUT2D eigenvalue weighted by molar-refractivity contribution is 6.23. The number of ether oxygens (including phenoxy) is 1. The normalized spacial score (nSPS) is 20.2. The van der Waals surface area contributed by atoms with Gasteiger partial charge in [-0.2, -0.15) is 0 Å². The van der Waals surface area contributed by atoms with Crippen LogP contribution in [-0.4, -0.2) is 29.9 Å². The predicted octanol–water partition coefficient (Wildman–Crippen LogP) is 3.36. The number of carbonyl (C=O) groups is 2. The van der Waals surface area contributed by atoms with Gasteiger partial charge in [0.25, 0.3) is 0 Å². The van der Waals surface area contributed by atoms with Gasteiger partial charge in [-0.3, -0.25) is 9.59 Å². The number of benzene rings is 2. The first-order valence-corrected chi connectivity index (χ1v) is 9.94. The summed E-state index contributed by atoms with van der Waals surface area (Å²) in [7, 11) is 0. The number of allylic oxidation sites excluding steroid dienone is 3. The summed E-state index contributed by atoms with van der Waals surface area (Å²) >= 11 is 0. The van der Waals surface area contributed by atoms with E-state index in [2.05, 4.69) is 5.32 Å². The molecule has 0 radical (unpaired) electrons. The quantitative estimate of drug-likeness (QED) is 0.841. The summed E-state index contributed by atoms with van der Waals surface area (Å²) in [6.07, 6.45) is 2.14. The zero-order chi connectivity index (χ0) is 20.0. The van der Waals surface area contributed by atoms with Crippen LogP contribution in [0.2, 0.25) is 0 Å². The average Bonchev–Trinajstić information content (AvgIpc) is 3.04. The van der Waals surface area contributed by atoms with Crippen LogP contribution in [-0.2, 0) is 4.79 Å². The van der Waals surface area contributed by atoms with E-state index in [9.17, 15) is 9.59 Å². The molecule has 29 heavy (non-hydrogen) atoms. The number of ketones is 2. The van der Waals surface area contributed by atoms with Crippen molar-refractivity contribution >= 4 is 17.3 Å². The maximum atomic E-state index is 13.3. The van der Waals surface area contributed by atoms with Gasteiger partial charge in [-0.15, -0.1) is 0 Å². The molecule has 0 spiro atoms. The van der Waals surface area contributed by atoms with E-state index < -0.39 is 0 Å². The van der Waals surface area contributed by atoms with Crippen molar-refractivity contribution < 1.29 is 19.4 Å². The first-order valence-electron chi connectivity index (χ1n) is 9.94. The lowest BCUT2D eigenvalue weighted by molar-refractivity contribution is -0.116. The molecule has 0 bridgehead atoms. The second-order valence-corrected chi connectivity index (χ2v) is 7.53. The fourth-order valence-corrected chi connectivity index (χ4v) is 4.59. The van der Waals surface area contributed by atoms with Crippen LogP contribution in [0.4, 0.5) is 0 Å². The highest BCUT2D eigenvalue weighted by Gasteiger charge is 2.43. The maximum Gasteiger partial charge on any atom is 0.192 e. The topological polar surface area (TPSA) is 75.6 Å². The molecule has 0 saturated heterocycles. The van der Waals surface area contributed by atoms with E-state index in [-0.39, 0.29) is 30.7 Å². The molecule has 3 aliphatic rings. The van der Waals surface area contributed by atoms with Crippen LogP contribution >= 0.6 is 0 Å². The summed E-state index contributed by atoms with van der Waals surface area (Å²) in [5.41, 5.74) is 5.65. The first-order chi connectivity index (χ1) is 14.2. The molecule has 2 aromatic carbocycles. The lowest BCUT2D eigenvalue weighted by Gasteiger charge is -2.33. The van der Waals surface area contributed by atoms with E-state index in [1.54, 1.807) is 0 Å². The van der Waals surface area contributed by atoms with Crippen molar-refractivity contribution in [2.24, 2.45) is 0 Å². The van der Waals surface area contributed by atoms with Crippen LogP contribution in [0.15, 0.2) is 65.4 Å².